The number of hydrogen-bond acceptors (Lipinski definition) is 6. The molecule has 0 atom stereocenters. The molecule has 1 N–H and O–H groups in total. The first kappa shape index (κ1) is 14.3. The van der Waals surface area contributed by atoms with E-state index < -0.39 is 0 Å². The third-order valence-electron chi connectivity index (χ3n) is 3.16. The van der Waals surface area contributed by atoms with Crippen LogP contribution >= 0.6 is 0 Å². The van der Waals surface area contributed by atoms with Crippen LogP contribution in [0.5, 0.6) is 11.9 Å². The number of rotatable bonds is 6. The van der Waals surface area contributed by atoms with Gasteiger partial charge in [-0.3, -0.25) is 4.57 Å². The van der Waals surface area contributed by atoms with Gasteiger partial charge in [0.05, 0.1) is 20.3 Å². The van der Waals surface area contributed by atoms with Crippen LogP contribution in [0.25, 0.3) is 11.2 Å². The van der Waals surface area contributed by atoms with Crippen molar-refractivity contribution >= 4 is 11.2 Å². The number of methoxy groups -OCH3 is 1. The van der Waals surface area contributed by atoms with Gasteiger partial charge >= 0.3 is 0 Å². The normalized spacial score (nSPS) is 10.8. The van der Waals surface area contributed by atoms with Crippen molar-refractivity contribution in [2.75, 3.05) is 20.3 Å². The van der Waals surface area contributed by atoms with Crippen LogP contribution in [0.2, 0.25) is 0 Å². The molecule has 0 bridgehead atoms. The topological polar surface area (TPSA) is 82.3 Å². The standard InChI is InChI=1S/C15H16N4O3/c1-21-14-12-13(16-10-17-14)19(15(18-12)22-8-7-20)9-11-5-3-2-4-6-11/h2-6,10,20H,7-9H2,1H3. The number of nitrogens with zero attached hydrogens (tertiary/aromatic N) is 4. The maximum atomic E-state index is 8.97. The highest BCUT2D eigenvalue weighted by Gasteiger charge is 2.17. The predicted molar refractivity (Wildman–Crippen MR) is 80.0 cm³/mol. The molecule has 114 valence electrons. The Labute approximate surface area is 127 Å². The highest BCUT2D eigenvalue weighted by Crippen LogP contribution is 2.26. The number of imidazole rings is 1. The van der Waals surface area contributed by atoms with Crippen molar-refractivity contribution in [3.63, 3.8) is 0 Å². The number of aliphatic hydroxyl groups excluding tert-OH is 1. The van der Waals surface area contributed by atoms with Crippen LogP contribution in [0, 0.1) is 0 Å². The summed E-state index contributed by atoms with van der Waals surface area (Å²) in [6, 6.07) is 10.3. The van der Waals surface area contributed by atoms with E-state index in [1.165, 1.54) is 13.4 Å². The molecule has 2 aromatic heterocycles. The molecule has 0 saturated heterocycles. The lowest BCUT2D eigenvalue weighted by Crippen LogP contribution is -2.09. The number of aromatic nitrogens is 4. The van der Waals surface area contributed by atoms with Crippen LogP contribution in [-0.4, -0.2) is 44.9 Å². The number of hydrogen-bond donors (Lipinski definition) is 1. The fourth-order valence-corrected chi connectivity index (χ4v) is 2.20. The van der Waals surface area contributed by atoms with E-state index in [1.807, 2.05) is 34.9 Å². The van der Waals surface area contributed by atoms with Crippen LogP contribution < -0.4 is 9.47 Å². The molecular formula is C15H16N4O3. The summed E-state index contributed by atoms with van der Waals surface area (Å²) in [5.41, 5.74) is 2.26. The molecule has 1 aromatic carbocycles. The van der Waals surface area contributed by atoms with Gasteiger partial charge in [0.1, 0.15) is 12.9 Å². The Kier molecular flexibility index (Phi) is 4.15. The number of ether oxygens (including phenoxy) is 2. The van der Waals surface area contributed by atoms with E-state index in [9.17, 15) is 0 Å². The fraction of sp³-hybridized carbons (Fsp3) is 0.267. The minimum absolute atomic E-state index is 0.0860. The quantitative estimate of drug-likeness (QED) is 0.738. The molecule has 7 heteroatoms. The summed E-state index contributed by atoms with van der Waals surface area (Å²) >= 11 is 0. The van der Waals surface area contributed by atoms with Crippen molar-refractivity contribution in [3.05, 3.63) is 42.2 Å². The van der Waals surface area contributed by atoms with Gasteiger partial charge in [0.2, 0.25) is 5.88 Å². The first-order valence-corrected chi connectivity index (χ1v) is 6.86. The van der Waals surface area contributed by atoms with Gasteiger partial charge in [-0.1, -0.05) is 30.3 Å². The molecule has 3 rings (SSSR count). The van der Waals surface area contributed by atoms with E-state index in [4.69, 9.17) is 14.6 Å². The van der Waals surface area contributed by atoms with Crippen molar-refractivity contribution in [2.45, 2.75) is 6.54 Å². The Hall–Kier alpha value is -2.67. The van der Waals surface area contributed by atoms with E-state index >= 15 is 0 Å². The maximum absolute atomic E-state index is 8.97. The molecule has 22 heavy (non-hydrogen) atoms. The summed E-state index contributed by atoms with van der Waals surface area (Å²) in [5.74, 6) is 0.394. The Balaban J connectivity index is 2.08. The summed E-state index contributed by atoms with van der Waals surface area (Å²) in [7, 11) is 1.53. The SMILES string of the molecule is COc1ncnc2c1nc(OCCO)n2Cc1ccccc1. The minimum Gasteiger partial charge on any atom is -0.479 e. The van der Waals surface area contributed by atoms with Gasteiger partial charge in [0, 0.05) is 0 Å². The van der Waals surface area contributed by atoms with Gasteiger partial charge in [-0.2, -0.15) is 9.97 Å². The first-order chi connectivity index (χ1) is 10.8. The summed E-state index contributed by atoms with van der Waals surface area (Å²) < 4.78 is 12.6. The molecule has 3 aromatic rings. The molecule has 0 aliphatic heterocycles. The van der Waals surface area contributed by atoms with Gasteiger partial charge in [-0.15, -0.1) is 0 Å². The zero-order chi connectivity index (χ0) is 15.4. The molecule has 0 aliphatic carbocycles. The maximum Gasteiger partial charge on any atom is 0.299 e. The largest absolute Gasteiger partial charge is 0.479 e. The van der Waals surface area contributed by atoms with E-state index in [2.05, 4.69) is 15.0 Å². The predicted octanol–water partition coefficient (Wildman–Crippen LogP) is 1.25. The number of fused-ring (bicyclic) bond motifs is 1. The highest BCUT2D eigenvalue weighted by atomic mass is 16.5. The number of aliphatic hydroxyl groups is 1. The Morgan fingerprint density at radius 2 is 2.00 bits per heavy atom. The van der Waals surface area contributed by atoms with E-state index in [0.29, 0.717) is 29.6 Å². The van der Waals surface area contributed by atoms with Gasteiger partial charge < -0.3 is 14.6 Å². The lowest BCUT2D eigenvalue weighted by Gasteiger charge is -2.08. The molecular weight excluding hydrogens is 284 g/mol. The molecule has 0 unspecified atom stereocenters. The zero-order valence-corrected chi connectivity index (χ0v) is 12.1. The molecule has 0 spiro atoms. The van der Waals surface area contributed by atoms with Crippen molar-refractivity contribution in [3.8, 4) is 11.9 Å². The smallest absolute Gasteiger partial charge is 0.299 e. The summed E-state index contributed by atoms with van der Waals surface area (Å²) in [6.07, 6.45) is 1.43. The Morgan fingerprint density at radius 1 is 1.18 bits per heavy atom. The monoisotopic (exact) mass is 300 g/mol. The van der Waals surface area contributed by atoms with Crippen LogP contribution in [-0.2, 0) is 6.54 Å². The summed E-state index contributed by atoms with van der Waals surface area (Å²) in [5, 5.41) is 8.97. The second kappa shape index (κ2) is 6.40. The fourth-order valence-electron chi connectivity index (χ4n) is 2.20. The first-order valence-electron chi connectivity index (χ1n) is 6.86. The molecule has 0 radical (unpaired) electrons. The van der Waals surface area contributed by atoms with Gasteiger partial charge in [-0.25, -0.2) is 4.98 Å². The van der Waals surface area contributed by atoms with Gasteiger partial charge in [0.15, 0.2) is 11.2 Å². The molecule has 2 heterocycles. The van der Waals surface area contributed by atoms with Crippen LogP contribution in [0.1, 0.15) is 5.56 Å². The Bertz CT molecular complexity index is 758. The van der Waals surface area contributed by atoms with Gasteiger partial charge in [0.25, 0.3) is 6.01 Å². The third kappa shape index (κ3) is 2.71. The highest BCUT2D eigenvalue weighted by molar-refractivity contribution is 5.77. The van der Waals surface area contributed by atoms with Crippen molar-refractivity contribution in [1.82, 2.24) is 19.5 Å². The lowest BCUT2D eigenvalue weighted by molar-refractivity contribution is 0.187. The lowest BCUT2D eigenvalue weighted by atomic mass is 10.2. The molecule has 0 saturated carbocycles. The minimum atomic E-state index is -0.0860. The van der Waals surface area contributed by atoms with Crippen LogP contribution in [0.3, 0.4) is 0 Å². The average Bonchev–Trinajstić information content (AvgIpc) is 2.91. The summed E-state index contributed by atoms with van der Waals surface area (Å²) in [6.45, 7) is 0.628. The van der Waals surface area contributed by atoms with E-state index in [0.717, 1.165) is 5.56 Å². The number of benzene rings is 1. The second-order valence-corrected chi connectivity index (χ2v) is 4.59. The van der Waals surface area contributed by atoms with Crippen molar-refractivity contribution < 1.29 is 14.6 Å². The summed E-state index contributed by atoms with van der Waals surface area (Å²) in [4.78, 5) is 12.7. The van der Waals surface area contributed by atoms with Gasteiger partial charge in [-0.05, 0) is 5.56 Å². The van der Waals surface area contributed by atoms with Crippen LogP contribution in [0.4, 0.5) is 0 Å². The third-order valence-corrected chi connectivity index (χ3v) is 3.16. The van der Waals surface area contributed by atoms with E-state index in [-0.39, 0.29) is 13.2 Å². The van der Waals surface area contributed by atoms with Crippen molar-refractivity contribution in [1.29, 1.82) is 0 Å². The van der Waals surface area contributed by atoms with Crippen LogP contribution in [0.15, 0.2) is 36.7 Å². The zero-order valence-electron chi connectivity index (χ0n) is 12.1. The second-order valence-electron chi connectivity index (χ2n) is 4.59. The molecule has 7 nitrogen and oxygen atoms in total. The molecule has 0 aliphatic rings. The van der Waals surface area contributed by atoms with Crippen molar-refractivity contribution in [2.24, 2.45) is 0 Å². The molecule has 0 amide bonds. The molecule has 0 fully saturated rings. The van der Waals surface area contributed by atoms with E-state index in [1.54, 1.807) is 0 Å². The Morgan fingerprint density at radius 3 is 2.73 bits per heavy atom. The average molecular weight is 300 g/mol.